The summed E-state index contributed by atoms with van der Waals surface area (Å²) in [4.78, 5) is 39.0. The van der Waals surface area contributed by atoms with Gasteiger partial charge in [0.25, 0.3) is 0 Å². The molecule has 4 heterocycles. The number of hydrogen-bond acceptors (Lipinski definition) is 10. The number of carbonyl (C=O) groups excluding carboxylic acids is 3. The van der Waals surface area contributed by atoms with Gasteiger partial charge in [0.05, 0.1) is 24.2 Å². The van der Waals surface area contributed by atoms with Crippen molar-refractivity contribution >= 4 is 29.0 Å². The highest BCUT2D eigenvalue weighted by molar-refractivity contribution is 7.79. The van der Waals surface area contributed by atoms with Gasteiger partial charge in [-0.2, -0.15) is 0 Å². The molecule has 7 aliphatic rings. The van der Waals surface area contributed by atoms with E-state index in [1.807, 2.05) is 13.0 Å². The zero-order valence-corrected chi connectivity index (χ0v) is 27.5. The van der Waals surface area contributed by atoms with Crippen molar-refractivity contribution in [2.45, 2.75) is 102 Å². The number of methoxy groups -OCH3 is 1. The van der Waals surface area contributed by atoms with Crippen LogP contribution in [0.1, 0.15) is 66.7 Å². The second kappa shape index (κ2) is 9.26. The normalized spacial score (nSPS) is 52.6. The summed E-state index contributed by atoms with van der Waals surface area (Å²) in [5, 5.41) is 0. The molecule has 14 atom stereocenters. The van der Waals surface area contributed by atoms with Crippen LogP contribution in [0.25, 0.3) is 0 Å². The highest BCUT2D eigenvalue weighted by Crippen LogP contribution is 2.83. The third-order valence-electron chi connectivity index (χ3n) is 13.8. The van der Waals surface area contributed by atoms with Crippen molar-refractivity contribution in [1.29, 1.82) is 0 Å². The van der Waals surface area contributed by atoms with Crippen LogP contribution in [0, 0.1) is 39.4 Å². The van der Waals surface area contributed by atoms with Crippen LogP contribution < -0.4 is 0 Å². The second-order valence-electron chi connectivity index (χ2n) is 15.1. The van der Waals surface area contributed by atoms with E-state index in [2.05, 4.69) is 27.4 Å². The fraction of sp³-hybridized carbons (Fsp3) is 0.788. The molecule has 6 fully saturated rings. The Hall–Kier alpha value is -2.08. The van der Waals surface area contributed by atoms with E-state index in [-0.39, 0.29) is 29.8 Å². The lowest BCUT2D eigenvalue weighted by atomic mass is 9.30. The van der Waals surface area contributed by atoms with Crippen molar-refractivity contribution < 1.29 is 46.5 Å². The molecule has 3 saturated heterocycles. The van der Waals surface area contributed by atoms with E-state index < -0.39 is 80.9 Å². The number of epoxide rings is 1. The van der Waals surface area contributed by atoms with Crippen molar-refractivity contribution in [3.8, 4) is 0 Å². The van der Waals surface area contributed by atoms with Crippen LogP contribution in [-0.2, 0) is 53.3 Å². The first-order valence-electron chi connectivity index (χ1n) is 15.7. The number of esters is 3. The van der Waals surface area contributed by atoms with Crippen LogP contribution in [-0.4, -0.2) is 77.7 Å². The number of hydrogen-bond donors (Lipinski definition) is 0. The molecule has 0 aromatic heterocycles. The van der Waals surface area contributed by atoms with Gasteiger partial charge in [-0.3, -0.25) is 8.98 Å². The lowest BCUT2D eigenvalue weighted by Gasteiger charge is -2.80. The van der Waals surface area contributed by atoms with E-state index in [1.165, 1.54) is 26.4 Å². The summed E-state index contributed by atoms with van der Waals surface area (Å²) in [5.41, 5.74) is -3.39. The van der Waals surface area contributed by atoms with Crippen LogP contribution in [0.4, 0.5) is 0 Å². The average Bonchev–Trinajstić information content (AvgIpc) is 3.74. The molecule has 2 bridgehead atoms. The molecule has 1 spiro atoms. The smallest absolute Gasteiger partial charge is 0.342 e. The minimum Gasteiger partial charge on any atom is -0.467 e. The molecule has 3 saturated carbocycles. The van der Waals surface area contributed by atoms with E-state index >= 15 is 0 Å². The third kappa shape index (κ3) is 3.27. The Bertz CT molecular complexity index is 1410. The van der Waals surface area contributed by atoms with E-state index in [1.54, 1.807) is 0 Å². The van der Waals surface area contributed by atoms with Gasteiger partial charge in [0.1, 0.15) is 24.9 Å². The highest BCUT2D eigenvalue weighted by Gasteiger charge is 2.94. The van der Waals surface area contributed by atoms with Gasteiger partial charge < -0.3 is 23.7 Å². The molecule has 0 radical (unpaired) electrons. The van der Waals surface area contributed by atoms with Crippen molar-refractivity contribution in [2.75, 3.05) is 20.0 Å². The molecular formula is C33H44O10S. The Balaban J connectivity index is 1.37. The summed E-state index contributed by atoms with van der Waals surface area (Å²) in [6.07, 6.45) is 6.44. The highest BCUT2D eigenvalue weighted by atomic mass is 32.2. The Morgan fingerprint density at radius 2 is 1.84 bits per heavy atom. The first-order valence-corrected chi connectivity index (χ1v) is 17.2. The first kappa shape index (κ1) is 30.6. The molecule has 4 unspecified atom stereocenters. The van der Waals surface area contributed by atoms with Crippen LogP contribution in [0.5, 0.6) is 0 Å². The SMILES string of the molecule is C=C1C[C@@]23O[C@@H]([C@@H](OC(C)=O)[C@]4(C)C5CC[C@@]6(C(C)OS(C)=O)COC(=O)C=C[C@H]6[C@]5(C)CCC42)[C@@]3(C)[C@]2(C(=O)OC)O[C@H]12. The van der Waals surface area contributed by atoms with E-state index in [4.69, 9.17) is 27.9 Å². The summed E-state index contributed by atoms with van der Waals surface area (Å²) in [6.45, 7) is 14.5. The van der Waals surface area contributed by atoms with E-state index in [0.717, 1.165) is 24.8 Å². The summed E-state index contributed by atoms with van der Waals surface area (Å²) >= 11 is -1.50. The van der Waals surface area contributed by atoms with Crippen LogP contribution in [0.15, 0.2) is 24.3 Å². The lowest BCUT2D eigenvalue weighted by Crippen LogP contribution is -2.90. The molecule has 0 amide bonds. The summed E-state index contributed by atoms with van der Waals surface area (Å²) in [6, 6.07) is 0. The van der Waals surface area contributed by atoms with E-state index in [9.17, 15) is 18.6 Å². The maximum atomic E-state index is 13.5. The second-order valence-corrected chi connectivity index (χ2v) is 16.1. The molecule has 11 heteroatoms. The standard InChI is InChI=1S/C33H44O10S/c1-17-15-32-22-11-13-28(4)20(12-14-31(18(2)43-44(8)37)16-39-23(35)10-9-21(28)31)29(22,5)25(40-19(3)34)26(41-32)30(32,6)33(24(17)42-33)27(36)38-7/h9-10,18,20-22,24-26H,1,11-16H2,2-8H3/t18?,20?,21-,22?,24+,25+,26-,28+,29+,30+,31-,32+,33-,44?/m0/s1. The predicted octanol–water partition coefficient (Wildman–Crippen LogP) is 3.59. The maximum absolute atomic E-state index is 13.5. The first-order chi connectivity index (χ1) is 20.6. The third-order valence-corrected chi connectivity index (χ3v) is 14.3. The predicted molar refractivity (Wildman–Crippen MR) is 157 cm³/mol. The van der Waals surface area contributed by atoms with Crippen LogP contribution >= 0.6 is 0 Å². The van der Waals surface area contributed by atoms with Gasteiger partial charge in [-0.1, -0.05) is 33.4 Å². The minimum absolute atomic E-state index is 0.0569. The molecule has 0 aromatic rings. The van der Waals surface area contributed by atoms with Gasteiger partial charge in [-0.05, 0) is 61.3 Å². The molecule has 0 N–H and O–H groups in total. The van der Waals surface area contributed by atoms with Crippen LogP contribution in [0.3, 0.4) is 0 Å². The largest absolute Gasteiger partial charge is 0.467 e. The summed E-state index contributed by atoms with van der Waals surface area (Å²) in [7, 11) is 1.38. The fourth-order valence-corrected chi connectivity index (χ4v) is 12.6. The quantitative estimate of drug-likeness (QED) is 0.192. The number of carbonyl (C=O) groups is 3. The van der Waals surface area contributed by atoms with Gasteiger partial charge in [0, 0.05) is 36.5 Å². The van der Waals surface area contributed by atoms with Crippen molar-refractivity contribution in [3.63, 3.8) is 0 Å². The van der Waals surface area contributed by atoms with Gasteiger partial charge in [-0.25, -0.2) is 13.8 Å². The molecule has 3 aliphatic carbocycles. The van der Waals surface area contributed by atoms with Crippen molar-refractivity contribution in [3.05, 3.63) is 24.3 Å². The fourth-order valence-electron chi connectivity index (χ4n) is 12.0. The lowest BCUT2D eigenvalue weighted by molar-refractivity contribution is -0.449. The van der Waals surface area contributed by atoms with Gasteiger partial charge in [-0.15, -0.1) is 0 Å². The number of cyclic esters (lactones) is 1. The van der Waals surface area contributed by atoms with Crippen molar-refractivity contribution in [2.24, 2.45) is 39.4 Å². The van der Waals surface area contributed by atoms with Crippen molar-refractivity contribution in [1.82, 2.24) is 0 Å². The van der Waals surface area contributed by atoms with Crippen LogP contribution in [0.2, 0.25) is 0 Å². The number of fused-ring (bicyclic) bond motifs is 9. The number of allylic oxidation sites excluding steroid dienone is 1. The Kier molecular flexibility index (Phi) is 6.43. The molecule has 7 rings (SSSR count). The summed E-state index contributed by atoms with van der Waals surface area (Å²) in [5.74, 6) is -1.38. The summed E-state index contributed by atoms with van der Waals surface area (Å²) < 4.78 is 48.8. The monoisotopic (exact) mass is 632 g/mol. The molecule has 242 valence electrons. The average molecular weight is 633 g/mol. The number of rotatable bonds is 5. The topological polar surface area (TPSA) is 127 Å². The van der Waals surface area contributed by atoms with Gasteiger partial charge in [0.15, 0.2) is 11.1 Å². The molecule has 10 nitrogen and oxygen atoms in total. The maximum Gasteiger partial charge on any atom is 0.342 e. The molecule has 44 heavy (non-hydrogen) atoms. The van der Waals surface area contributed by atoms with E-state index in [0.29, 0.717) is 12.8 Å². The number of ether oxygens (including phenoxy) is 5. The molecular weight excluding hydrogens is 588 g/mol. The van der Waals surface area contributed by atoms with Gasteiger partial charge in [0.2, 0.25) is 5.60 Å². The van der Waals surface area contributed by atoms with Gasteiger partial charge >= 0.3 is 17.9 Å². The molecule has 0 aromatic carbocycles. The Morgan fingerprint density at radius 3 is 2.50 bits per heavy atom. The minimum atomic E-state index is -1.50. The Morgan fingerprint density at radius 1 is 1.14 bits per heavy atom. The zero-order valence-electron chi connectivity index (χ0n) is 26.6. The molecule has 4 aliphatic heterocycles. The zero-order chi connectivity index (χ0) is 31.8. The Labute approximate surface area is 261 Å².